The van der Waals surface area contributed by atoms with Gasteiger partial charge in [-0.15, -0.1) is 0 Å². The molecule has 0 radical (unpaired) electrons. The molecule has 0 saturated carbocycles. The smallest absolute Gasteiger partial charge is 0.161 e. The van der Waals surface area contributed by atoms with Crippen LogP contribution in [0.15, 0.2) is 6.20 Å². The van der Waals surface area contributed by atoms with E-state index >= 15 is 0 Å². The van der Waals surface area contributed by atoms with Crippen LogP contribution in [0.5, 0.6) is 5.75 Å². The van der Waals surface area contributed by atoms with Crippen LogP contribution in [0.3, 0.4) is 0 Å². The summed E-state index contributed by atoms with van der Waals surface area (Å²) < 4.78 is 7.33. The van der Waals surface area contributed by atoms with Crippen LogP contribution in [0.25, 0.3) is 0 Å². The minimum Gasteiger partial charge on any atom is -0.493 e. The normalized spacial score (nSPS) is 15.0. The average Bonchev–Trinajstić information content (AvgIpc) is 2.70. The molecule has 17 heavy (non-hydrogen) atoms. The van der Waals surface area contributed by atoms with Crippen LogP contribution < -0.4 is 10.5 Å². The molecule has 2 N–H and O–H groups in total. The molecule has 4 nitrogen and oxygen atoms in total. The van der Waals surface area contributed by atoms with Gasteiger partial charge in [0, 0.05) is 6.54 Å². The summed E-state index contributed by atoms with van der Waals surface area (Å²) in [5.74, 6) is 1.74. The van der Waals surface area contributed by atoms with Crippen molar-refractivity contribution in [3.8, 4) is 5.75 Å². The first-order valence-corrected chi connectivity index (χ1v) is 6.38. The Labute approximate surface area is 104 Å². The van der Waals surface area contributed by atoms with Crippen LogP contribution in [0, 0.1) is 11.8 Å². The van der Waals surface area contributed by atoms with Gasteiger partial charge in [0.15, 0.2) is 5.75 Å². The van der Waals surface area contributed by atoms with Gasteiger partial charge in [-0.2, -0.15) is 5.10 Å². The van der Waals surface area contributed by atoms with Crippen molar-refractivity contribution in [2.45, 2.75) is 46.7 Å². The third kappa shape index (κ3) is 3.00. The van der Waals surface area contributed by atoms with Crippen molar-refractivity contribution < 1.29 is 4.74 Å². The van der Waals surface area contributed by atoms with E-state index in [9.17, 15) is 0 Å². The number of methoxy groups -OCH3 is 1. The van der Waals surface area contributed by atoms with Crippen LogP contribution in [0.2, 0.25) is 0 Å². The topological polar surface area (TPSA) is 53.1 Å². The highest BCUT2D eigenvalue weighted by atomic mass is 16.5. The minimum atomic E-state index is -0.0287. The maximum absolute atomic E-state index is 6.35. The van der Waals surface area contributed by atoms with Gasteiger partial charge in [0.25, 0.3) is 0 Å². The average molecular weight is 239 g/mol. The molecule has 0 spiro atoms. The number of aromatic nitrogens is 2. The molecule has 0 bridgehead atoms. The molecule has 0 aromatic carbocycles. The Balaban J connectivity index is 3.04. The molecule has 0 fully saturated rings. The molecule has 0 aliphatic heterocycles. The van der Waals surface area contributed by atoms with E-state index < -0.39 is 0 Å². The molecule has 1 aromatic heterocycles. The van der Waals surface area contributed by atoms with Crippen LogP contribution in [-0.4, -0.2) is 16.9 Å². The van der Waals surface area contributed by atoms with E-state index in [4.69, 9.17) is 10.5 Å². The highest BCUT2D eigenvalue weighted by molar-refractivity contribution is 5.28. The zero-order chi connectivity index (χ0) is 13.0. The maximum Gasteiger partial charge on any atom is 0.161 e. The first-order chi connectivity index (χ1) is 8.02. The molecule has 2 unspecified atom stereocenters. The van der Waals surface area contributed by atoms with Gasteiger partial charge in [-0.25, -0.2) is 0 Å². The molecule has 0 amide bonds. The lowest BCUT2D eigenvalue weighted by molar-refractivity contribution is 0.322. The minimum absolute atomic E-state index is 0.0287. The third-order valence-electron chi connectivity index (χ3n) is 3.43. The zero-order valence-electron chi connectivity index (χ0n) is 11.6. The Hall–Kier alpha value is -1.03. The fourth-order valence-electron chi connectivity index (χ4n) is 1.92. The first-order valence-electron chi connectivity index (χ1n) is 6.38. The second kappa shape index (κ2) is 6.05. The second-order valence-electron chi connectivity index (χ2n) is 4.95. The van der Waals surface area contributed by atoms with Gasteiger partial charge >= 0.3 is 0 Å². The molecule has 1 rings (SSSR count). The summed E-state index contributed by atoms with van der Waals surface area (Å²) in [6.45, 7) is 9.58. The van der Waals surface area contributed by atoms with Crippen LogP contribution >= 0.6 is 0 Å². The van der Waals surface area contributed by atoms with Crippen molar-refractivity contribution in [2.24, 2.45) is 17.6 Å². The SMILES string of the molecule is CCCn1ncc(OC)c1C(N)C(C)C(C)C. The number of nitrogens with zero attached hydrogens (tertiary/aromatic N) is 2. The lowest BCUT2D eigenvalue weighted by atomic mass is 9.89. The first kappa shape index (κ1) is 14.0. The quantitative estimate of drug-likeness (QED) is 0.830. The predicted molar refractivity (Wildman–Crippen MR) is 70.0 cm³/mol. The van der Waals surface area contributed by atoms with Crippen molar-refractivity contribution in [1.82, 2.24) is 9.78 Å². The van der Waals surface area contributed by atoms with Gasteiger partial charge in [0.05, 0.1) is 25.0 Å². The van der Waals surface area contributed by atoms with Gasteiger partial charge in [-0.1, -0.05) is 27.7 Å². The van der Waals surface area contributed by atoms with Crippen molar-refractivity contribution in [1.29, 1.82) is 0 Å². The fourth-order valence-corrected chi connectivity index (χ4v) is 1.92. The van der Waals surface area contributed by atoms with Gasteiger partial charge < -0.3 is 10.5 Å². The number of ether oxygens (including phenoxy) is 1. The number of aryl methyl sites for hydroxylation is 1. The Kier molecular flexibility index (Phi) is 5.00. The van der Waals surface area contributed by atoms with E-state index in [-0.39, 0.29) is 6.04 Å². The van der Waals surface area contributed by atoms with E-state index in [1.54, 1.807) is 13.3 Å². The molecule has 1 aromatic rings. The van der Waals surface area contributed by atoms with Gasteiger partial charge in [0.1, 0.15) is 0 Å². The molecule has 0 aliphatic rings. The largest absolute Gasteiger partial charge is 0.493 e. The molecule has 4 heteroatoms. The zero-order valence-corrected chi connectivity index (χ0v) is 11.6. The number of hydrogen-bond donors (Lipinski definition) is 1. The van der Waals surface area contributed by atoms with Crippen molar-refractivity contribution in [3.63, 3.8) is 0 Å². The van der Waals surface area contributed by atoms with Gasteiger partial charge in [0.2, 0.25) is 0 Å². The summed E-state index contributed by atoms with van der Waals surface area (Å²) in [6.07, 6.45) is 2.80. The summed E-state index contributed by atoms with van der Waals surface area (Å²) in [5, 5.41) is 4.35. The summed E-state index contributed by atoms with van der Waals surface area (Å²) in [4.78, 5) is 0. The summed E-state index contributed by atoms with van der Waals surface area (Å²) >= 11 is 0. The summed E-state index contributed by atoms with van der Waals surface area (Å²) in [5.41, 5.74) is 7.37. The second-order valence-corrected chi connectivity index (χ2v) is 4.95. The Morgan fingerprint density at radius 2 is 2.06 bits per heavy atom. The molecular formula is C13H25N3O. The molecule has 0 saturated heterocycles. The van der Waals surface area contributed by atoms with E-state index in [0.29, 0.717) is 11.8 Å². The Morgan fingerprint density at radius 3 is 2.53 bits per heavy atom. The van der Waals surface area contributed by atoms with Crippen LogP contribution in [0.1, 0.15) is 45.9 Å². The van der Waals surface area contributed by atoms with Crippen LogP contribution in [0.4, 0.5) is 0 Å². The lowest BCUT2D eigenvalue weighted by Gasteiger charge is -2.24. The van der Waals surface area contributed by atoms with Crippen LogP contribution in [-0.2, 0) is 6.54 Å². The van der Waals surface area contributed by atoms with Gasteiger partial charge in [-0.05, 0) is 18.3 Å². The predicted octanol–water partition coefficient (Wildman–Crippen LogP) is 2.59. The molecule has 2 atom stereocenters. The number of rotatable bonds is 6. The van der Waals surface area contributed by atoms with Crippen molar-refractivity contribution in [3.05, 3.63) is 11.9 Å². The van der Waals surface area contributed by atoms with E-state index in [1.165, 1.54) is 0 Å². The Morgan fingerprint density at radius 1 is 1.41 bits per heavy atom. The molecular weight excluding hydrogens is 214 g/mol. The van der Waals surface area contributed by atoms with Crippen molar-refractivity contribution in [2.75, 3.05) is 7.11 Å². The fraction of sp³-hybridized carbons (Fsp3) is 0.769. The van der Waals surface area contributed by atoms with E-state index in [1.807, 2.05) is 4.68 Å². The van der Waals surface area contributed by atoms with Gasteiger partial charge in [-0.3, -0.25) is 4.68 Å². The Bertz CT molecular complexity index is 346. The van der Waals surface area contributed by atoms with Crippen molar-refractivity contribution >= 4 is 0 Å². The monoisotopic (exact) mass is 239 g/mol. The maximum atomic E-state index is 6.35. The van der Waals surface area contributed by atoms with E-state index in [2.05, 4.69) is 32.8 Å². The highest BCUT2D eigenvalue weighted by Gasteiger charge is 2.25. The number of nitrogens with two attached hydrogens (primary N) is 1. The molecule has 0 aliphatic carbocycles. The van der Waals surface area contributed by atoms with E-state index in [0.717, 1.165) is 24.4 Å². The lowest BCUT2D eigenvalue weighted by Crippen LogP contribution is -2.26. The summed E-state index contributed by atoms with van der Waals surface area (Å²) in [6, 6.07) is -0.0287. The standard InChI is InChI=1S/C13H25N3O/c1-6-7-16-13(11(17-5)8-15-16)12(14)10(4)9(2)3/h8-10,12H,6-7,14H2,1-5H3. The molecule has 98 valence electrons. The third-order valence-corrected chi connectivity index (χ3v) is 3.43. The summed E-state index contributed by atoms with van der Waals surface area (Å²) in [7, 11) is 1.67. The number of hydrogen-bond acceptors (Lipinski definition) is 3. The molecule has 1 heterocycles. The highest BCUT2D eigenvalue weighted by Crippen LogP contribution is 2.31.